The number of aliphatic imine (C=N–C) groups is 2. The summed E-state index contributed by atoms with van der Waals surface area (Å²) in [4.78, 5) is 20.9. The number of aromatic nitrogens is 2. The Morgan fingerprint density at radius 2 is 0.981 bits per heavy atom. The van der Waals surface area contributed by atoms with Crippen molar-refractivity contribution in [3.05, 3.63) is 205 Å². The van der Waals surface area contributed by atoms with E-state index in [9.17, 15) is 0 Å². The predicted molar refractivity (Wildman–Crippen MR) is 224 cm³/mol. The van der Waals surface area contributed by atoms with Crippen molar-refractivity contribution in [1.29, 1.82) is 0 Å². The maximum absolute atomic E-state index is 5.50. The summed E-state index contributed by atoms with van der Waals surface area (Å²) in [6.45, 7) is 2.25. The average Bonchev–Trinajstić information content (AvgIpc) is 3.26. The second-order valence-corrected chi connectivity index (χ2v) is 13.7. The third kappa shape index (κ3) is 6.44. The molecule has 1 aliphatic rings. The first kappa shape index (κ1) is 33.1. The molecule has 0 spiro atoms. The van der Waals surface area contributed by atoms with E-state index in [0.717, 1.165) is 62.7 Å². The molecular formula is C50H38N4. The van der Waals surface area contributed by atoms with Crippen molar-refractivity contribution in [1.82, 2.24) is 9.97 Å². The van der Waals surface area contributed by atoms with Crippen LogP contribution in [0.2, 0.25) is 0 Å². The fourth-order valence-corrected chi connectivity index (χ4v) is 7.65. The van der Waals surface area contributed by atoms with Crippen LogP contribution >= 0.6 is 0 Å². The first-order valence-electron chi connectivity index (χ1n) is 18.6. The molecule has 1 aromatic heterocycles. The van der Waals surface area contributed by atoms with Crippen LogP contribution in [0.3, 0.4) is 0 Å². The van der Waals surface area contributed by atoms with Crippen LogP contribution in [-0.4, -0.2) is 21.5 Å². The molecule has 0 bridgehead atoms. The summed E-state index contributed by atoms with van der Waals surface area (Å²) in [6.07, 6.45) is 0.899. The van der Waals surface area contributed by atoms with Crippen molar-refractivity contribution in [3.63, 3.8) is 0 Å². The van der Waals surface area contributed by atoms with Gasteiger partial charge in [0.15, 0.2) is 11.7 Å². The fourth-order valence-electron chi connectivity index (χ4n) is 7.65. The van der Waals surface area contributed by atoms with Gasteiger partial charge >= 0.3 is 0 Å². The molecule has 0 amide bonds. The summed E-state index contributed by atoms with van der Waals surface area (Å²) in [6, 6.07) is 65.5. The van der Waals surface area contributed by atoms with Crippen LogP contribution in [0.25, 0.3) is 55.8 Å². The molecule has 258 valence electrons. The van der Waals surface area contributed by atoms with E-state index in [-0.39, 0.29) is 12.0 Å². The summed E-state index contributed by atoms with van der Waals surface area (Å²) in [5.41, 5.74) is 11.6. The normalized spacial score (nSPS) is 15.4. The maximum atomic E-state index is 5.50. The first-order chi connectivity index (χ1) is 26.7. The van der Waals surface area contributed by atoms with Crippen LogP contribution in [0.4, 0.5) is 0 Å². The molecule has 2 unspecified atom stereocenters. The van der Waals surface area contributed by atoms with E-state index >= 15 is 0 Å². The zero-order valence-corrected chi connectivity index (χ0v) is 30.0. The second kappa shape index (κ2) is 14.7. The number of rotatable bonds is 8. The number of fused-ring (bicyclic) bond motifs is 1. The molecule has 8 aromatic rings. The average molecular weight is 695 g/mol. The number of amidine groups is 1. The Labute approximate surface area is 316 Å². The minimum absolute atomic E-state index is 0.0906. The largest absolute Gasteiger partial charge is 0.257 e. The smallest absolute Gasteiger partial charge is 0.160 e. The summed E-state index contributed by atoms with van der Waals surface area (Å²) in [7, 11) is 0. The molecule has 2 atom stereocenters. The van der Waals surface area contributed by atoms with Crippen LogP contribution in [-0.2, 0) is 0 Å². The summed E-state index contributed by atoms with van der Waals surface area (Å²) in [5, 5.41) is 2.40. The first-order valence-corrected chi connectivity index (χ1v) is 18.6. The zero-order chi connectivity index (χ0) is 36.3. The van der Waals surface area contributed by atoms with Crippen LogP contribution in [0, 0.1) is 5.92 Å². The molecule has 0 saturated carbocycles. The van der Waals surface area contributed by atoms with Crippen molar-refractivity contribution in [2.24, 2.45) is 15.9 Å². The molecule has 2 heterocycles. The van der Waals surface area contributed by atoms with Gasteiger partial charge in [0.05, 0.1) is 23.1 Å². The van der Waals surface area contributed by atoms with Gasteiger partial charge in [0.25, 0.3) is 0 Å². The number of hydrogen-bond donors (Lipinski definition) is 0. The summed E-state index contributed by atoms with van der Waals surface area (Å²) < 4.78 is 0. The van der Waals surface area contributed by atoms with Gasteiger partial charge in [-0.1, -0.05) is 189 Å². The topological polar surface area (TPSA) is 50.5 Å². The van der Waals surface area contributed by atoms with Crippen LogP contribution < -0.4 is 0 Å². The van der Waals surface area contributed by atoms with Crippen LogP contribution in [0.15, 0.2) is 198 Å². The van der Waals surface area contributed by atoms with Gasteiger partial charge in [-0.05, 0) is 45.5 Å². The van der Waals surface area contributed by atoms with E-state index < -0.39 is 0 Å². The fraction of sp³-hybridized carbons (Fsp3) is 0.0800. The summed E-state index contributed by atoms with van der Waals surface area (Å²) in [5.74, 6) is 1.57. The highest BCUT2D eigenvalue weighted by Crippen LogP contribution is 2.43. The Hall–Kier alpha value is -6.78. The summed E-state index contributed by atoms with van der Waals surface area (Å²) >= 11 is 0. The third-order valence-electron chi connectivity index (χ3n) is 10.3. The van der Waals surface area contributed by atoms with Crippen molar-refractivity contribution >= 4 is 22.3 Å². The molecule has 1 aliphatic heterocycles. The van der Waals surface area contributed by atoms with Crippen LogP contribution in [0.1, 0.15) is 36.1 Å². The number of nitrogens with zero attached hydrogens (tertiary/aromatic N) is 4. The lowest BCUT2D eigenvalue weighted by molar-refractivity contribution is 0.534. The lowest BCUT2D eigenvalue weighted by atomic mass is 9.79. The Balaban J connectivity index is 1.19. The standard InChI is InChI=1S/C50H38N4/c1-2-41-47(38-20-9-4-10-21-38)53-50(40-24-13-6-14-25-40)54-48(41)43-32-31-34-17-15-16-26-42(34)46(43)37-29-27-36(28-30-37)45-33-44(35-18-7-3-8-19-35)51-49(52-45)39-22-11-5-12-23-39/h3-33,41,48H,2H2,1H3. The Kier molecular flexibility index (Phi) is 9.00. The van der Waals surface area contributed by atoms with Gasteiger partial charge < -0.3 is 0 Å². The van der Waals surface area contributed by atoms with Crippen molar-refractivity contribution in [2.75, 3.05) is 0 Å². The zero-order valence-electron chi connectivity index (χ0n) is 30.0. The third-order valence-corrected chi connectivity index (χ3v) is 10.3. The molecule has 0 saturated heterocycles. The quantitative estimate of drug-likeness (QED) is 0.159. The van der Waals surface area contributed by atoms with Crippen molar-refractivity contribution in [2.45, 2.75) is 19.4 Å². The van der Waals surface area contributed by atoms with Gasteiger partial charge in [-0.2, -0.15) is 0 Å². The van der Waals surface area contributed by atoms with Crippen molar-refractivity contribution in [3.8, 4) is 45.0 Å². The maximum Gasteiger partial charge on any atom is 0.160 e. The monoisotopic (exact) mass is 694 g/mol. The van der Waals surface area contributed by atoms with E-state index in [2.05, 4.69) is 153 Å². The number of hydrogen-bond acceptors (Lipinski definition) is 4. The highest BCUT2D eigenvalue weighted by Gasteiger charge is 2.33. The van der Waals surface area contributed by atoms with Gasteiger partial charge in [-0.15, -0.1) is 0 Å². The van der Waals surface area contributed by atoms with Crippen molar-refractivity contribution < 1.29 is 0 Å². The molecule has 0 N–H and O–H groups in total. The van der Waals surface area contributed by atoms with Crippen LogP contribution in [0.5, 0.6) is 0 Å². The Morgan fingerprint density at radius 1 is 0.463 bits per heavy atom. The van der Waals surface area contributed by atoms with Gasteiger partial charge in [-0.25, -0.2) is 15.0 Å². The predicted octanol–water partition coefficient (Wildman–Crippen LogP) is 12.3. The molecule has 4 nitrogen and oxygen atoms in total. The molecule has 7 aromatic carbocycles. The SMILES string of the molecule is CCC1C(c2ccccc2)=NC(c2ccccc2)=NC1c1ccc2ccccc2c1-c1ccc(-c2cc(-c3ccccc3)nc(-c3ccccc3)n2)cc1. The molecule has 0 aliphatic carbocycles. The molecular weight excluding hydrogens is 657 g/mol. The van der Waals surface area contributed by atoms with E-state index in [1.807, 2.05) is 42.5 Å². The second-order valence-electron chi connectivity index (χ2n) is 13.7. The molecule has 54 heavy (non-hydrogen) atoms. The van der Waals surface area contributed by atoms with E-state index in [1.54, 1.807) is 0 Å². The highest BCUT2D eigenvalue weighted by molar-refractivity contribution is 6.15. The minimum Gasteiger partial charge on any atom is -0.257 e. The Bertz CT molecular complexity index is 2560. The van der Waals surface area contributed by atoms with Gasteiger partial charge in [0.2, 0.25) is 0 Å². The Morgan fingerprint density at radius 3 is 1.61 bits per heavy atom. The highest BCUT2D eigenvalue weighted by atomic mass is 15.0. The van der Waals surface area contributed by atoms with E-state index in [1.165, 1.54) is 21.9 Å². The lowest BCUT2D eigenvalue weighted by Crippen LogP contribution is -2.28. The van der Waals surface area contributed by atoms with Gasteiger partial charge in [-0.3, -0.25) is 4.99 Å². The molecule has 4 heteroatoms. The molecule has 0 fully saturated rings. The molecule has 0 radical (unpaired) electrons. The van der Waals surface area contributed by atoms with Gasteiger partial charge in [0, 0.05) is 28.2 Å². The molecule has 9 rings (SSSR count). The van der Waals surface area contributed by atoms with E-state index in [4.69, 9.17) is 20.0 Å². The van der Waals surface area contributed by atoms with E-state index in [0.29, 0.717) is 5.82 Å². The lowest BCUT2D eigenvalue weighted by Gasteiger charge is -2.31. The number of benzene rings is 7. The van der Waals surface area contributed by atoms with Gasteiger partial charge in [0.1, 0.15) is 0 Å². The minimum atomic E-state index is -0.138.